The van der Waals surface area contributed by atoms with Gasteiger partial charge in [0.2, 0.25) is 15.9 Å². The van der Waals surface area contributed by atoms with Crippen molar-refractivity contribution in [3.8, 4) is 0 Å². The molecule has 128 valence electrons. The van der Waals surface area contributed by atoms with Crippen LogP contribution >= 0.6 is 0 Å². The van der Waals surface area contributed by atoms with Crippen molar-refractivity contribution in [3.63, 3.8) is 0 Å². The molecule has 1 aliphatic heterocycles. The molecular weight excluding hydrogens is 312 g/mol. The third-order valence-corrected chi connectivity index (χ3v) is 5.56. The molecule has 1 unspecified atom stereocenters. The van der Waals surface area contributed by atoms with E-state index in [1.807, 2.05) is 24.0 Å². The van der Waals surface area contributed by atoms with Crippen molar-refractivity contribution < 1.29 is 13.2 Å². The lowest BCUT2D eigenvalue weighted by Gasteiger charge is -2.36. The molecule has 1 aromatic carbocycles. The number of rotatable bonds is 5. The van der Waals surface area contributed by atoms with E-state index in [4.69, 9.17) is 0 Å². The van der Waals surface area contributed by atoms with Gasteiger partial charge in [-0.25, -0.2) is 8.42 Å². The second-order valence-corrected chi connectivity index (χ2v) is 8.16. The van der Waals surface area contributed by atoms with E-state index >= 15 is 0 Å². The van der Waals surface area contributed by atoms with E-state index in [-0.39, 0.29) is 18.5 Å². The number of carbonyl (C=O) groups is 1. The molecule has 5 nitrogen and oxygen atoms in total. The molecule has 1 amide bonds. The average Bonchev–Trinajstić information content (AvgIpc) is 2.52. The number of likely N-dealkylation sites (tertiary alicyclic amines) is 1. The predicted octanol–water partition coefficient (Wildman–Crippen LogP) is 2.55. The van der Waals surface area contributed by atoms with Crippen LogP contribution < -0.4 is 4.31 Å². The Morgan fingerprint density at radius 1 is 1.26 bits per heavy atom. The topological polar surface area (TPSA) is 57.7 Å². The molecule has 0 spiro atoms. The lowest BCUT2D eigenvalue weighted by Crippen LogP contribution is -2.48. The highest BCUT2D eigenvalue weighted by atomic mass is 32.2. The third kappa shape index (κ3) is 4.47. The fourth-order valence-electron chi connectivity index (χ4n) is 3.08. The van der Waals surface area contributed by atoms with E-state index in [2.05, 4.69) is 6.92 Å². The van der Waals surface area contributed by atoms with Gasteiger partial charge < -0.3 is 4.90 Å². The van der Waals surface area contributed by atoms with Crippen molar-refractivity contribution in [2.24, 2.45) is 0 Å². The zero-order valence-electron chi connectivity index (χ0n) is 14.2. The van der Waals surface area contributed by atoms with E-state index in [1.54, 1.807) is 12.1 Å². The smallest absolute Gasteiger partial charge is 0.243 e. The molecule has 1 atom stereocenters. The van der Waals surface area contributed by atoms with Crippen molar-refractivity contribution in [1.29, 1.82) is 0 Å². The summed E-state index contributed by atoms with van der Waals surface area (Å²) in [6.07, 6.45) is 5.19. The Hall–Kier alpha value is -1.56. The van der Waals surface area contributed by atoms with Crippen LogP contribution in [0.3, 0.4) is 0 Å². The quantitative estimate of drug-likeness (QED) is 0.829. The van der Waals surface area contributed by atoms with Crippen molar-refractivity contribution in [1.82, 2.24) is 4.90 Å². The first-order chi connectivity index (χ1) is 10.8. The van der Waals surface area contributed by atoms with Gasteiger partial charge in [-0.3, -0.25) is 9.10 Å². The largest absolute Gasteiger partial charge is 0.338 e. The molecule has 0 aliphatic carbocycles. The van der Waals surface area contributed by atoms with Gasteiger partial charge in [0.1, 0.15) is 6.54 Å². The second kappa shape index (κ2) is 7.34. The Balaban J connectivity index is 2.21. The van der Waals surface area contributed by atoms with Crippen molar-refractivity contribution in [2.75, 3.05) is 23.7 Å². The maximum atomic E-state index is 12.7. The van der Waals surface area contributed by atoms with E-state index in [0.29, 0.717) is 5.69 Å². The summed E-state index contributed by atoms with van der Waals surface area (Å²) >= 11 is 0. The number of amides is 1. The number of benzene rings is 1. The third-order valence-electron chi connectivity index (χ3n) is 4.42. The van der Waals surface area contributed by atoms with Crippen LogP contribution in [0.25, 0.3) is 0 Å². The molecule has 6 heteroatoms. The standard InChI is InChI=1S/C17H26N2O3S/c1-4-15-7-5-6-12-18(15)17(20)13-19(23(3,21)22)16-10-8-14(2)9-11-16/h8-11,15H,4-7,12-13H2,1-3H3. The summed E-state index contributed by atoms with van der Waals surface area (Å²) in [6, 6.07) is 7.44. The Kier molecular flexibility index (Phi) is 5.68. The normalized spacial score (nSPS) is 18.7. The fourth-order valence-corrected chi connectivity index (χ4v) is 3.93. The number of hydrogen-bond acceptors (Lipinski definition) is 3. The lowest BCUT2D eigenvalue weighted by atomic mass is 10.00. The zero-order chi connectivity index (χ0) is 17.0. The first kappa shape index (κ1) is 17.8. The molecule has 1 aromatic rings. The number of anilines is 1. The summed E-state index contributed by atoms with van der Waals surface area (Å²) in [5.41, 5.74) is 1.59. The molecule has 2 rings (SSSR count). The molecule has 0 radical (unpaired) electrons. The van der Waals surface area contributed by atoms with Crippen LogP contribution in [0, 0.1) is 6.92 Å². The fraction of sp³-hybridized carbons (Fsp3) is 0.588. The summed E-state index contributed by atoms with van der Waals surface area (Å²) in [5.74, 6) is -0.109. The van der Waals surface area contributed by atoms with Gasteiger partial charge in [-0.15, -0.1) is 0 Å². The van der Waals surface area contributed by atoms with Gasteiger partial charge in [0, 0.05) is 12.6 Å². The highest BCUT2D eigenvalue weighted by Gasteiger charge is 2.29. The Labute approximate surface area is 139 Å². The lowest BCUT2D eigenvalue weighted by molar-refractivity contribution is -0.133. The van der Waals surface area contributed by atoms with Gasteiger partial charge in [-0.1, -0.05) is 24.6 Å². The second-order valence-electron chi connectivity index (χ2n) is 6.25. The maximum Gasteiger partial charge on any atom is 0.243 e. The number of nitrogens with zero attached hydrogens (tertiary/aromatic N) is 2. The number of hydrogen-bond donors (Lipinski definition) is 0. The minimum atomic E-state index is -3.50. The molecule has 0 bridgehead atoms. The van der Waals surface area contributed by atoms with Gasteiger partial charge >= 0.3 is 0 Å². The van der Waals surface area contributed by atoms with Crippen molar-refractivity contribution in [3.05, 3.63) is 29.8 Å². The first-order valence-corrected chi connectivity index (χ1v) is 10.0. The van der Waals surface area contributed by atoms with Crippen molar-refractivity contribution >= 4 is 21.6 Å². The van der Waals surface area contributed by atoms with Crippen LogP contribution in [0.5, 0.6) is 0 Å². The number of sulfonamides is 1. The Morgan fingerprint density at radius 2 is 1.91 bits per heavy atom. The molecule has 0 saturated carbocycles. The van der Waals surface area contributed by atoms with Crippen molar-refractivity contribution in [2.45, 2.75) is 45.6 Å². The molecule has 1 fully saturated rings. The van der Waals surface area contributed by atoms with E-state index < -0.39 is 10.0 Å². The molecule has 23 heavy (non-hydrogen) atoms. The van der Waals surface area contributed by atoms with Crippen LogP contribution in [-0.2, 0) is 14.8 Å². The van der Waals surface area contributed by atoms with Gasteiger partial charge in [-0.2, -0.15) is 0 Å². The minimum absolute atomic E-state index is 0.109. The van der Waals surface area contributed by atoms with Gasteiger partial charge in [-0.05, 0) is 44.7 Å². The zero-order valence-corrected chi connectivity index (χ0v) is 15.0. The Morgan fingerprint density at radius 3 is 2.48 bits per heavy atom. The molecular formula is C17H26N2O3S. The monoisotopic (exact) mass is 338 g/mol. The van der Waals surface area contributed by atoms with Gasteiger partial charge in [0.25, 0.3) is 0 Å². The summed E-state index contributed by atoms with van der Waals surface area (Å²) in [7, 11) is -3.50. The van der Waals surface area contributed by atoms with Gasteiger partial charge in [0.15, 0.2) is 0 Å². The summed E-state index contributed by atoms with van der Waals surface area (Å²) in [4.78, 5) is 14.5. The van der Waals surface area contributed by atoms with Crippen LogP contribution in [0.1, 0.15) is 38.2 Å². The Bertz CT molecular complexity index is 640. The number of aryl methyl sites for hydroxylation is 1. The minimum Gasteiger partial charge on any atom is -0.338 e. The molecule has 1 heterocycles. The van der Waals surface area contributed by atoms with E-state index in [0.717, 1.165) is 44.0 Å². The van der Waals surface area contributed by atoms with Crippen LogP contribution in [0.2, 0.25) is 0 Å². The first-order valence-electron chi connectivity index (χ1n) is 8.16. The SMILES string of the molecule is CCC1CCCCN1C(=O)CN(c1ccc(C)cc1)S(C)(=O)=O. The van der Waals surface area contributed by atoms with Crippen LogP contribution in [0.15, 0.2) is 24.3 Å². The van der Waals surface area contributed by atoms with Crippen LogP contribution in [0.4, 0.5) is 5.69 Å². The van der Waals surface area contributed by atoms with E-state index in [1.165, 1.54) is 4.31 Å². The van der Waals surface area contributed by atoms with E-state index in [9.17, 15) is 13.2 Å². The van der Waals surface area contributed by atoms with Gasteiger partial charge in [0.05, 0.1) is 11.9 Å². The summed E-state index contributed by atoms with van der Waals surface area (Å²) in [5, 5.41) is 0. The summed E-state index contributed by atoms with van der Waals surface area (Å²) in [6.45, 7) is 4.62. The predicted molar refractivity (Wildman–Crippen MR) is 93.0 cm³/mol. The maximum absolute atomic E-state index is 12.7. The number of piperidine rings is 1. The highest BCUT2D eigenvalue weighted by Crippen LogP contribution is 2.22. The average molecular weight is 338 g/mol. The van der Waals surface area contributed by atoms with Crippen LogP contribution in [-0.4, -0.2) is 44.6 Å². The molecule has 0 N–H and O–H groups in total. The molecule has 1 saturated heterocycles. The number of carbonyl (C=O) groups excluding carboxylic acids is 1. The molecule has 1 aliphatic rings. The molecule has 0 aromatic heterocycles. The summed E-state index contributed by atoms with van der Waals surface area (Å²) < 4.78 is 25.5. The highest BCUT2D eigenvalue weighted by molar-refractivity contribution is 7.92.